The Labute approximate surface area is 402 Å². The highest BCUT2D eigenvalue weighted by Crippen LogP contribution is 2.23. The minimum absolute atomic E-state index is 0.0444. The average Bonchev–Trinajstić information content (AvgIpc) is 3.31. The van der Waals surface area contributed by atoms with Crippen LogP contribution in [0.25, 0.3) is 0 Å². The van der Waals surface area contributed by atoms with Gasteiger partial charge in [0, 0.05) is 12.8 Å². The van der Waals surface area contributed by atoms with Crippen LogP contribution in [0.5, 0.6) is 0 Å². The summed E-state index contributed by atoms with van der Waals surface area (Å²) in [5.74, 6) is -0.246. The van der Waals surface area contributed by atoms with E-state index in [4.69, 9.17) is 14.2 Å². The Kier molecular flexibility index (Phi) is 42.1. The van der Waals surface area contributed by atoms with Crippen LogP contribution in [0, 0.1) is 0 Å². The van der Waals surface area contributed by atoms with E-state index in [-0.39, 0.29) is 18.5 Å². The highest BCUT2D eigenvalue weighted by atomic mass is 16.7. The summed E-state index contributed by atoms with van der Waals surface area (Å²) in [6.45, 7) is 4.21. The van der Waals surface area contributed by atoms with E-state index in [0.717, 1.165) is 96.3 Å². The third-order valence-electron chi connectivity index (χ3n) is 12.4. The molecular formula is C55H99NO10. The van der Waals surface area contributed by atoms with E-state index in [1.165, 1.54) is 103 Å². The summed E-state index contributed by atoms with van der Waals surface area (Å²) >= 11 is 0. The predicted molar refractivity (Wildman–Crippen MR) is 269 cm³/mol. The fraction of sp³-hybridized carbons (Fsp3) is 0.818. The average molecular weight is 934 g/mol. The van der Waals surface area contributed by atoms with Gasteiger partial charge in [-0.3, -0.25) is 9.59 Å². The summed E-state index contributed by atoms with van der Waals surface area (Å²) in [5, 5.41) is 54.2. The molecule has 0 radical (unpaired) electrons. The molecule has 0 aliphatic carbocycles. The number of carbonyl (C=O) groups is 2. The van der Waals surface area contributed by atoms with Crippen LogP contribution in [0.3, 0.4) is 0 Å². The third-order valence-corrected chi connectivity index (χ3v) is 12.4. The third kappa shape index (κ3) is 34.8. The van der Waals surface area contributed by atoms with Crippen molar-refractivity contribution in [2.24, 2.45) is 0 Å². The quantitative estimate of drug-likeness (QED) is 0.0196. The molecular weight excluding hydrogens is 835 g/mol. The number of carbonyl (C=O) groups excluding carboxylic acids is 2. The molecule has 1 aliphatic heterocycles. The van der Waals surface area contributed by atoms with Crippen molar-refractivity contribution in [2.45, 2.75) is 269 Å². The van der Waals surface area contributed by atoms with Gasteiger partial charge in [-0.2, -0.15) is 0 Å². The molecule has 1 fully saturated rings. The second kappa shape index (κ2) is 45.1. The molecule has 0 aromatic rings. The Bertz CT molecular complexity index is 1240. The van der Waals surface area contributed by atoms with Gasteiger partial charge in [0.25, 0.3) is 0 Å². The maximum Gasteiger partial charge on any atom is 0.305 e. The molecule has 7 unspecified atom stereocenters. The normalized spacial score (nSPS) is 20.0. The Hall–Kier alpha value is -2.38. The zero-order valence-electron chi connectivity index (χ0n) is 41.9. The van der Waals surface area contributed by atoms with Crippen molar-refractivity contribution in [3.63, 3.8) is 0 Å². The van der Waals surface area contributed by atoms with E-state index >= 15 is 0 Å². The molecule has 1 amide bonds. The highest BCUT2D eigenvalue weighted by Gasteiger charge is 2.44. The minimum atomic E-state index is -1.58. The number of hydrogen-bond donors (Lipinski definition) is 6. The van der Waals surface area contributed by atoms with Crippen molar-refractivity contribution in [3.8, 4) is 0 Å². The number of hydrogen-bond acceptors (Lipinski definition) is 10. The van der Waals surface area contributed by atoms with E-state index < -0.39 is 49.5 Å². The van der Waals surface area contributed by atoms with Crippen molar-refractivity contribution in [1.82, 2.24) is 5.32 Å². The van der Waals surface area contributed by atoms with Crippen LogP contribution in [0.4, 0.5) is 0 Å². The molecule has 1 heterocycles. The Morgan fingerprint density at radius 1 is 0.561 bits per heavy atom. The van der Waals surface area contributed by atoms with Crippen LogP contribution in [0.15, 0.2) is 48.6 Å². The lowest BCUT2D eigenvalue weighted by Crippen LogP contribution is -2.60. The van der Waals surface area contributed by atoms with Gasteiger partial charge < -0.3 is 45.1 Å². The maximum atomic E-state index is 13.0. The van der Waals surface area contributed by atoms with Crippen LogP contribution in [0.1, 0.15) is 226 Å². The van der Waals surface area contributed by atoms with Gasteiger partial charge >= 0.3 is 5.97 Å². The topological polar surface area (TPSA) is 175 Å². The molecule has 1 rings (SSSR count). The first-order valence-electron chi connectivity index (χ1n) is 26.9. The Morgan fingerprint density at radius 2 is 1.03 bits per heavy atom. The first kappa shape index (κ1) is 61.6. The fourth-order valence-electron chi connectivity index (χ4n) is 8.03. The summed E-state index contributed by atoms with van der Waals surface area (Å²) in [6.07, 6.45) is 44.8. The second-order valence-corrected chi connectivity index (χ2v) is 18.6. The van der Waals surface area contributed by atoms with Crippen molar-refractivity contribution >= 4 is 11.9 Å². The number of unbranched alkanes of at least 4 members (excludes halogenated alkanes) is 25. The lowest BCUT2D eigenvalue weighted by atomic mass is 9.99. The van der Waals surface area contributed by atoms with Crippen LogP contribution in [-0.4, -0.2) is 100 Å². The van der Waals surface area contributed by atoms with Crippen LogP contribution >= 0.6 is 0 Å². The maximum absolute atomic E-state index is 13.0. The molecule has 66 heavy (non-hydrogen) atoms. The van der Waals surface area contributed by atoms with Crippen LogP contribution < -0.4 is 5.32 Å². The number of ether oxygens (including phenoxy) is 3. The smallest absolute Gasteiger partial charge is 0.305 e. The van der Waals surface area contributed by atoms with E-state index in [9.17, 15) is 35.1 Å². The Morgan fingerprint density at radius 3 is 1.59 bits per heavy atom. The van der Waals surface area contributed by atoms with Gasteiger partial charge in [0.05, 0.1) is 32.0 Å². The van der Waals surface area contributed by atoms with Crippen molar-refractivity contribution in [1.29, 1.82) is 0 Å². The Balaban J connectivity index is 2.15. The SMILES string of the molecule is CCCC/C=C\CCCCCCCC(=O)OCCCCC/C=C\C/C=C\CCCCCCCCCC(=O)NC(COC1OC(CO)C(O)C(O)C1O)C(O)/C=C/CCCCCCCCCC. The van der Waals surface area contributed by atoms with E-state index in [2.05, 4.69) is 55.6 Å². The zero-order valence-corrected chi connectivity index (χ0v) is 41.9. The molecule has 0 saturated carbocycles. The molecule has 1 aliphatic rings. The fourth-order valence-corrected chi connectivity index (χ4v) is 8.03. The number of amides is 1. The number of allylic oxidation sites excluding steroid dienone is 7. The first-order chi connectivity index (χ1) is 32.2. The van der Waals surface area contributed by atoms with Crippen molar-refractivity contribution < 1.29 is 49.3 Å². The van der Waals surface area contributed by atoms with Gasteiger partial charge in [-0.15, -0.1) is 0 Å². The molecule has 0 aromatic carbocycles. The van der Waals surface area contributed by atoms with Gasteiger partial charge in [0.15, 0.2) is 6.29 Å². The number of rotatable bonds is 45. The highest BCUT2D eigenvalue weighted by molar-refractivity contribution is 5.76. The van der Waals surface area contributed by atoms with Gasteiger partial charge in [0.1, 0.15) is 24.4 Å². The molecule has 11 nitrogen and oxygen atoms in total. The van der Waals surface area contributed by atoms with Crippen molar-refractivity contribution in [2.75, 3.05) is 19.8 Å². The molecule has 6 N–H and O–H groups in total. The van der Waals surface area contributed by atoms with Gasteiger partial charge in [-0.1, -0.05) is 172 Å². The summed E-state index contributed by atoms with van der Waals surface area (Å²) < 4.78 is 16.6. The van der Waals surface area contributed by atoms with Crippen LogP contribution in [0.2, 0.25) is 0 Å². The summed E-state index contributed by atoms with van der Waals surface area (Å²) in [4.78, 5) is 25.0. The number of aliphatic hydroxyl groups excluding tert-OH is 5. The van der Waals surface area contributed by atoms with E-state index in [1.54, 1.807) is 6.08 Å². The standard InChI is InChI=1S/C55H99NO10/c1-3-5-7-9-11-13-22-27-31-35-39-43-51(60)64-44-40-36-32-28-24-21-19-17-15-16-18-20-23-26-30-34-38-42-50(59)56-47(46-65-55-54(63)53(62)52(61)49(45-57)66-55)48(58)41-37-33-29-25-14-12-10-8-6-4-2/h9,11,15,17,21,24,37,41,47-49,52-55,57-58,61-63H,3-8,10,12-14,16,18-20,22-23,25-36,38-40,42-46H2,1-2H3,(H,56,59)/b11-9-,17-15-,24-21-,41-37+. The molecule has 11 heteroatoms. The summed E-state index contributed by atoms with van der Waals surface area (Å²) in [7, 11) is 0. The van der Waals surface area contributed by atoms with E-state index in [1.807, 2.05) is 6.08 Å². The van der Waals surface area contributed by atoms with Gasteiger partial charge in [-0.25, -0.2) is 0 Å². The molecule has 0 aromatic heterocycles. The summed E-state index contributed by atoms with van der Waals surface area (Å²) in [5.41, 5.74) is 0. The number of nitrogens with one attached hydrogen (secondary N) is 1. The summed E-state index contributed by atoms with van der Waals surface area (Å²) in [6, 6.07) is -0.821. The van der Waals surface area contributed by atoms with Gasteiger partial charge in [0.2, 0.25) is 5.91 Å². The van der Waals surface area contributed by atoms with Gasteiger partial charge in [-0.05, 0) is 89.9 Å². The molecule has 0 bridgehead atoms. The molecule has 7 atom stereocenters. The molecule has 384 valence electrons. The number of esters is 1. The predicted octanol–water partition coefficient (Wildman–Crippen LogP) is 11.3. The minimum Gasteiger partial charge on any atom is -0.466 e. The first-order valence-corrected chi connectivity index (χ1v) is 26.9. The second-order valence-electron chi connectivity index (χ2n) is 18.6. The van der Waals surface area contributed by atoms with Crippen molar-refractivity contribution in [3.05, 3.63) is 48.6 Å². The zero-order chi connectivity index (χ0) is 48.1. The molecule has 1 saturated heterocycles. The lowest BCUT2D eigenvalue weighted by Gasteiger charge is -2.40. The number of aliphatic hydroxyl groups is 5. The lowest BCUT2D eigenvalue weighted by molar-refractivity contribution is -0.302. The van der Waals surface area contributed by atoms with E-state index in [0.29, 0.717) is 19.4 Å². The van der Waals surface area contributed by atoms with Crippen LogP contribution in [-0.2, 0) is 23.8 Å². The molecule has 0 spiro atoms. The largest absolute Gasteiger partial charge is 0.466 e. The monoisotopic (exact) mass is 934 g/mol.